The maximum Gasteiger partial charge on any atom is 0.472 e. The van der Waals surface area contributed by atoms with Gasteiger partial charge in [-0.2, -0.15) is 0 Å². The van der Waals surface area contributed by atoms with Crippen molar-refractivity contribution in [1.82, 2.24) is 0 Å². The molecular formula is C38H67O11P. The lowest BCUT2D eigenvalue weighted by atomic mass is 10.0. The lowest BCUT2D eigenvalue weighted by Gasteiger charge is -2.20. The van der Waals surface area contributed by atoms with E-state index in [1.165, 1.54) is 19.3 Å². The first-order valence-electron chi connectivity index (χ1n) is 18.6. The molecule has 4 N–H and O–H groups in total. The van der Waals surface area contributed by atoms with Crippen LogP contribution in [0, 0.1) is 5.92 Å². The van der Waals surface area contributed by atoms with Crippen molar-refractivity contribution in [3.63, 3.8) is 0 Å². The number of phosphoric ester groups is 1. The SMILES string of the molecule is CC(C)CCCCCCCCC(=O)O[C@H](COC(=O)CCC/C=C\C/C=C\C/C=C\C/C=C\CCCCCO)COP(=O)(O)OC[C@@H](O)CO. The standard InChI is InChI=1S/C38H67O11P/c1-34(2)26-22-18-15-16-20-24-28-38(43)49-36(33-48-50(44,45)47-31-35(41)30-40)32-46-37(42)27-23-19-14-12-10-8-6-4-3-5-7-9-11-13-17-21-25-29-39/h3,5-6,8-9,11-12,14,34-36,39-41H,4,7,10,13,15-33H2,1-2H3,(H,44,45)/b5-3-,8-6-,11-9-,14-12-/t35-,36+/m0/s1. The van der Waals surface area contributed by atoms with E-state index in [0.29, 0.717) is 25.2 Å². The normalized spacial score (nSPS) is 14.7. The summed E-state index contributed by atoms with van der Waals surface area (Å²) in [5, 5.41) is 27.0. The summed E-state index contributed by atoms with van der Waals surface area (Å²) in [5.74, 6) is -0.311. The van der Waals surface area contributed by atoms with Gasteiger partial charge in [0.05, 0.1) is 19.8 Å². The Kier molecular flexibility index (Phi) is 32.6. The smallest absolute Gasteiger partial charge is 0.462 e. The van der Waals surface area contributed by atoms with E-state index in [1.54, 1.807) is 0 Å². The van der Waals surface area contributed by atoms with Crippen LogP contribution in [0.5, 0.6) is 0 Å². The average molecular weight is 731 g/mol. The molecule has 0 aromatic heterocycles. The Balaban J connectivity index is 4.43. The molecule has 0 fully saturated rings. The molecule has 0 aliphatic rings. The molecule has 0 aliphatic heterocycles. The average Bonchev–Trinajstić information content (AvgIpc) is 3.08. The van der Waals surface area contributed by atoms with E-state index in [1.807, 2.05) is 12.2 Å². The van der Waals surface area contributed by atoms with Gasteiger partial charge in [0.2, 0.25) is 0 Å². The molecule has 0 saturated heterocycles. The number of hydrogen-bond donors (Lipinski definition) is 4. The summed E-state index contributed by atoms with van der Waals surface area (Å²) >= 11 is 0. The van der Waals surface area contributed by atoms with Gasteiger partial charge >= 0.3 is 19.8 Å². The van der Waals surface area contributed by atoms with Crippen LogP contribution in [0.3, 0.4) is 0 Å². The quantitative estimate of drug-likeness (QED) is 0.0220. The van der Waals surface area contributed by atoms with Crippen LogP contribution in [0.15, 0.2) is 48.6 Å². The Hall–Kier alpha value is -2.11. The fraction of sp³-hybridized carbons (Fsp3) is 0.737. The van der Waals surface area contributed by atoms with Gasteiger partial charge in [-0.15, -0.1) is 0 Å². The molecule has 290 valence electrons. The summed E-state index contributed by atoms with van der Waals surface area (Å²) in [6, 6.07) is 0. The number of carbonyl (C=O) groups is 2. The number of ether oxygens (including phenoxy) is 2. The highest BCUT2D eigenvalue weighted by atomic mass is 31.2. The van der Waals surface area contributed by atoms with Gasteiger partial charge < -0.3 is 29.7 Å². The van der Waals surface area contributed by atoms with Crippen LogP contribution >= 0.6 is 7.82 Å². The van der Waals surface area contributed by atoms with E-state index in [2.05, 4.69) is 54.8 Å². The summed E-state index contributed by atoms with van der Waals surface area (Å²) in [7, 11) is -4.63. The van der Waals surface area contributed by atoms with Crippen molar-refractivity contribution < 1.29 is 52.9 Å². The van der Waals surface area contributed by atoms with E-state index in [9.17, 15) is 24.2 Å². The molecule has 0 radical (unpaired) electrons. The largest absolute Gasteiger partial charge is 0.472 e. The number of unbranched alkanes of at least 4 members (excludes halogenated alkanes) is 9. The summed E-state index contributed by atoms with van der Waals surface area (Å²) in [6.45, 7) is 2.50. The number of allylic oxidation sites excluding steroid dienone is 8. The third kappa shape index (κ3) is 34.3. The van der Waals surface area contributed by atoms with Gasteiger partial charge in [-0.25, -0.2) is 4.57 Å². The highest BCUT2D eigenvalue weighted by molar-refractivity contribution is 7.47. The lowest BCUT2D eigenvalue weighted by molar-refractivity contribution is -0.161. The van der Waals surface area contributed by atoms with Crippen LogP contribution in [-0.2, 0) is 32.7 Å². The number of aliphatic hydroxyl groups is 3. The summed E-state index contributed by atoms with van der Waals surface area (Å²) in [6.07, 6.45) is 30.0. The monoisotopic (exact) mass is 730 g/mol. The van der Waals surface area contributed by atoms with Crippen LogP contribution in [0.25, 0.3) is 0 Å². The van der Waals surface area contributed by atoms with Crippen LogP contribution < -0.4 is 0 Å². The topological polar surface area (TPSA) is 169 Å². The number of aliphatic hydroxyl groups excluding tert-OH is 3. The van der Waals surface area contributed by atoms with E-state index in [0.717, 1.165) is 64.2 Å². The second kappa shape index (κ2) is 34.0. The molecule has 0 aromatic carbocycles. The third-order valence-electron chi connectivity index (χ3n) is 7.47. The molecular weight excluding hydrogens is 663 g/mol. The predicted octanol–water partition coefficient (Wildman–Crippen LogP) is 7.82. The first kappa shape index (κ1) is 47.9. The molecule has 11 nitrogen and oxygen atoms in total. The minimum absolute atomic E-state index is 0.154. The molecule has 12 heteroatoms. The van der Waals surface area contributed by atoms with Crippen molar-refractivity contribution in [3.8, 4) is 0 Å². The Labute approximate surface area is 301 Å². The minimum atomic E-state index is -4.63. The Bertz CT molecular complexity index is 993. The Morgan fingerprint density at radius 2 is 1.16 bits per heavy atom. The molecule has 1 unspecified atom stereocenters. The van der Waals surface area contributed by atoms with Crippen molar-refractivity contribution in [3.05, 3.63) is 48.6 Å². The first-order chi connectivity index (χ1) is 24.1. The highest BCUT2D eigenvalue weighted by Gasteiger charge is 2.27. The van der Waals surface area contributed by atoms with E-state index < -0.39 is 51.8 Å². The fourth-order valence-corrected chi connectivity index (χ4v) is 5.35. The summed E-state index contributed by atoms with van der Waals surface area (Å²) < 4.78 is 32.4. The first-order valence-corrected chi connectivity index (χ1v) is 20.1. The molecule has 0 amide bonds. The Morgan fingerprint density at radius 3 is 1.76 bits per heavy atom. The Morgan fingerprint density at radius 1 is 0.640 bits per heavy atom. The van der Waals surface area contributed by atoms with Crippen LogP contribution in [0.2, 0.25) is 0 Å². The molecule has 0 bridgehead atoms. The minimum Gasteiger partial charge on any atom is -0.462 e. The van der Waals surface area contributed by atoms with Gasteiger partial charge in [0.15, 0.2) is 6.10 Å². The van der Waals surface area contributed by atoms with Crippen molar-refractivity contribution in [1.29, 1.82) is 0 Å². The molecule has 3 atom stereocenters. The van der Waals surface area contributed by atoms with Gasteiger partial charge in [-0.05, 0) is 63.7 Å². The molecule has 0 saturated carbocycles. The van der Waals surface area contributed by atoms with Gasteiger partial charge in [0.1, 0.15) is 12.7 Å². The van der Waals surface area contributed by atoms with Crippen molar-refractivity contribution in [2.75, 3.05) is 33.0 Å². The van der Waals surface area contributed by atoms with Crippen molar-refractivity contribution >= 4 is 19.8 Å². The summed E-state index contributed by atoms with van der Waals surface area (Å²) in [5.41, 5.74) is 0. The van der Waals surface area contributed by atoms with Crippen LogP contribution in [-0.4, -0.2) is 77.4 Å². The molecule has 50 heavy (non-hydrogen) atoms. The van der Waals surface area contributed by atoms with E-state index >= 15 is 0 Å². The maximum atomic E-state index is 12.5. The molecule has 0 rings (SSSR count). The second-order valence-electron chi connectivity index (χ2n) is 12.8. The van der Waals surface area contributed by atoms with Crippen molar-refractivity contribution in [2.45, 2.75) is 142 Å². The van der Waals surface area contributed by atoms with Crippen LogP contribution in [0.1, 0.15) is 129 Å². The molecule has 0 aliphatic carbocycles. The second-order valence-corrected chi connectivity index (χ2v) is 14.3. The number of hydrogen-bond acceptors (Lipinski definition) is 10. The molecule has 0 aromatic rings. The third-order valence-corrected chi connectivity index (χ3v) is 8.42. The summed E-state index contributed by atoms with van der Waals surface area (Å²) in [4.78, 5) is 34.7. The zero-order valence-corrected chi connectivity index (χ0v) is 31.6. The van der Waals surface area contributed by atoms with E-state index in [4.69, 9.17) is 24.2 Å². The maximum absolute atomic E-state index is 12.5. The molecule has 0 spiro atoms. The highest BCUT2D eigenvalue weighted by Crippen LogP contribution is 2.43. The number of esters is 2. The predicted molar refractivity (Wildman–Crippen MR) is 197 cm³/mol. The van der Waals surface area contributed by atoms with Crippen LogP contribution in [0.4, 0.5) is 0 Å². The van der Waals surface area contributed by atoms with Gasteiger partial charge in [-0.3, -0.25) is 18.6 Å². The van der Waals surface area contributed by atoms with Crippen molar-refractivity contribution in [2.24, 2.45) is 5.92 Å². The zero-order chi connectivity index (χ0) is 37.1. The van der Waals surface area contributed by atoms with Gasteiger partial charge in [0.25, 0.3) is 0 Å². The molecule has 0 heterocycles. The van der Waals surface area contributed by atoms with Gasteiger partial charge in [-0.1, -0.05) is 107 Å². The number of carbonyl (C=O) groups excluding carboxylic acids is 2. The number of phosphoric acid groups is 1. The fourth-order valence-electron chi connectivity index (χ4n) is 4.56. The lowest BCUT2D eigenvalue weighted by Crippen LogP contribution is -2.29. The number of rotatable bonds is 34. The van der Waals surface area contributed by atoms with Gasteiger partial charge in [0, 0.05) is 19.4 Å². The van der Waals surface area contributed by atoms with E-state index in [-0.39, 0.29) is 26.1 Å². The zero-order valence-electron chi connectivity index (χ0n) is 30.7.